The molecule has 114 valence electrons. The minimum Gasteiger partial charge on any atom is -0.494 e. The summed E-state index contributed by atoms with van der Waals surface area (Å²) in [6, 6.07) is 6.87. The Kier molecular flexibility index (Phi) is 5.16. The van der Waals surface area contributed by atoms with E-state index in [4.69, 9.17) is 14.6 Å². The highest BCUT2D eigenvalue weighted by Crippen LogP contribution is 2.20. The first-order valence-corrected chi connectivity index (χ1v) is 6.94. The number of aliphatic carboxylic acids is 1. The van der Waals surface area contributed by atoms with E-state index < -0.39 is 5.97 Å². The van der Waals surface area contributed by atoms with Crippen LogP contribution < -0.4 is 9.47 Å². The van der Waals surface area contributed by atoms with Crippen molar-refractivity contribution in [2.24, 2.45) is 5.92 Å². The molecule has 6 nitrogen and oxygen atoms in total. The Morgan fingerprint density at radius 3 is 2.43 bits per heavy atom. The van der Waals surface area contributed by atoms with Gasteiger partial charge in [-0.25, -0.2) is 0 Å². The predicted octanol–water partition coefficient (Wildman–Crippen LogP) is 1.40. The molecule has 1 saturated heterocycles. The molecule has 1 fully saturated rings. The van der Waals surface area contributed by atoms with Crippen molar-refractivity contribution in [1.29, 1.82) is 0 Å². The van der Waals surface area contributed by atoms with Crippen LogP contribution in [0.2, 0.25) is 0 Å². The number of carboxylic acid groups (broad SMARTS) is 1. The predicted molar refractivity (Wildman–Crippen MR) is 75.4 cm³/mol. The summed E-state index contributed by atoms with van der Waals surface area (Å²) < 4.78 is 10.5. The van der Waals surface area contributed by atoms with Crippen LogP contribution in [0.5, 0.6) is 11.5 Å². The fourth-order valence-electron chi connectivity index (χ4n) is 2.30. The summed E-state index contributed by atoms with van der Waals surface area (Å²) in [6.45, 7) is 3.93. The molecule has 0 amide bonds. The number of esters is 1. The van der Waals surface area contributed by atoms with Gasteiger partial charge >= 0.3 is 11.9 Å². The van der Waals surface area contributed by atoms with Crippen LogP contribution in [0, 0.1) is 5.92 Å². The molecule has 1 aromatic rings. The third-order valence-corrected chi connectivity index (χ3v) is 3.22. The van der Waals surface area contributed by atoms with Gasteiger partial charge in [0.2, 0.25) is 0 Å². The van der Waals surface area contributed by atoms with Gasteiger partial charge in [0.05, 0.1) is 19.6 Å². The molecule has 1 aromatic carbocycles. The van der Waals surface area contributed by atoms with Gasteiger partial charge in [-0.05, 0) is 37.1 Å². The Morgan fingerprint density at radius 1 is 1.24 bits per heavy atom. The summed E-state index contributed by atoms with van der Waals surface area (Å²) in [5, 5.41) is 8.65. The summed E-state index contributed by atoms with van der Waals surface area (Å²) in [7, 11) is 0. The van der Waals surface area contributed by atoms with Gasteiger partial charge < -0.3 is 14.6 Å². The van der Waals surface area contributed by atoms with Gasteiger partial charge in [-0.15, -0.1) is 0 Å². The van der Waals surface area contributed by atoms with Crippen molar-refractivity contribution < 1.29 is 24.2 Å². The smallest absolute Gasteiger partial charge is 0.325 e. The van der Waals surface area contributed by atoms with E-state index in [1.54, 1.807) is 24.3 Å². The fourth-order valence-corrected chi connectivity index (χ4v) is 2.30. The molecule has 0 atom stereocenters. The lowest BCUT2D eigenvalue weighted by Crippen LogP contribution is -2.50. The van der Waals surface area contributed by atoms with Crippen LogP contribution in [-0.4, -0.2) is 48.2 Å². The largest absolute Gasteiger partial charge is 0.494 e. The lowest BCUT2D eigenvalue weighted by atomic mass is 9.97. The summed E-state index contributed by atoms with van der Waals surface area (Å²) in [6.07, 6.45) is 0.157. The zero-order valence-electron chi connectivity index (χ0n) is 11.9. The number of nitrogens with zero attached hydrogens (tertiary/aromatic N) is 1. The number of hydrogen-bond acceptors (Lipinski definition) is 5. The van der Waals surface area contributed by atoms with E-state index in [-0.39, 0.29) is 24.9 Å². The molecule has 6 heteroatoms. The van der Waals surface area contributed by atoms with Crippen molar-refractivity contribution in [1.82, 2.24) is 4.90 Å². The first-order valence-electron chi connectivity index (χ1n) is 6.94. The lowest BCUT2D eigenvalue weighted by molar-refractivity contribution is -0.140. The van der Waals surface area contributed by atoms with E-state index in [9.17, 15) is 9.59 Å². The topological polar surface area (TPSA) is 76.1 Å². The number of carbonyl (C=O) groups is 2. The fraction of sp³-hybridized carbons (Fsp3) is 0.467. The van der Waals surface area contributed by atoms with Crippen molar-refractivity contribution in [3.63, 3.8) is 0 Å². The summed E-state index contributed by atoms with van der Waals surface area (Å²) in [5.74, 6) is 0.216. The number of benzene rings is 1. The van der Waals surface area contributed by atoms with Gasteiger partial charge in [-0.3, -0.25) is 14.5 Å². The number of likely N-dealkylation sites (tertiary alicyclic amines) is 1. The number of carboxylic acids is 1. The van der Waals surface area contributed by atoms with Gasteiger partial charge in [-0.1, -0.05) is 0 Å². The molecular formula is C15H19NO5. The third kappa shape index (κ3) is 4.75. The molecule has 1 heterocycles. The van der Waals surface area contributed by atoms with Crippen molar-refractivity contribution >= 4 is 11.9 Å². The van der Waals surface area contributed by atoms with E-state index in [1.165, 1.54) is 0 Å². The van der Waals surface area contributed by atoms with Crippen LogP contribution in [0.1, 0.15) is 13.3 Å². The van der Waals surface area contributed by atoms with Crippen LogP contribution in [0.25, 0.3) is 0 Å². The van der Waals surface area contributed by atoms with Crippen molar-refractivity contribution in [3.05, 3.63) is 24.3 Å². The highest BCUT2D eigenvalue weighted by atomic mass is 16.5. The van der Waals surface area contributed by atoms with Gasteiger partial charge in [0.15, 0.2) is 0 Å². The molecule has 0 spiro atoms. The van der Waals surface area contributed by atoms with E-state index in [0.29, 0.717) is 25.4 Å². The maximum Gasteiger partial charge on any atom is 0.325 e. The molecule has 1 aliphatic rings. The minimum absolute atomic E-state index is 0.140. The number of carbonyl (C=O) groups excluding carboxylic acids is 1. The Morgan fingerprint density at radius 2 is 1.86 bits per heavy atom. The van der Waals surface area contributed by atoms with Gasteiger partial charge in [0, 0.05) is 13.1 Å². The van der Waals surface area contributed by atoms with Crippen LogP contribution in [0.15, 0.2) is 24.3 Å². The third-order valence-electron chi connectivity index (χ3n) is 3.22. The summed E-state index contributed by atoms with van der Waals surface area (Å²) >= 11 is 0. The molecule has 0 radical (unpaired) electrons. The zero-order valence-corrected chi connectivity index (χ0v) is 11.9. The van der Waals surface area contributed by atoms with E-state index >= 15 is 0 Å². The minimum atomic E-state index is -0.795. The molecule has 1 aliphatic heterocycles. The van der Waals surface area contributed by atoms with Crippen LogP contribution >= 0.6 is 0 Å². The van der Waals surface area contributed by atoms with E-state index in [2.05, 4.69) is 0 Å². The second kappa shape index (κ2) is 7.08. The Balaban J connectivity index is 1.71. The SMILES string of the molecule is CCOc1ccc(OC(=O)CN2CC(CC(=O)O)C2)cc1. The highest BCUT2D eigenvalue weighted by Gasteiger charge is 2.30. The van der Waals surface area contributed by atoms with Crippen molar-refractivity contribution in [2.45, 2.75) is 13.3 Å². The highest BCUT2D eigenvalue weighted by molar-refractivity contribution is 5.74. The Hall–Kier alpha value is -2.08. The molecule has 0 saturated carbocycles. The number of ether oxygens (including phenoxy) is 2. The van der Waals surface area contributed by atoms with Crippen molar-refractivity contribution in [3.8, 4) is 11.5 Å². The van der Waals surface area contributed by atoms with E-state index in [0.717, 1.165) is 5.75 Å². The molecule has 0 aliphatic carbocycles. The molecule has 0 bridgehead atoms. The first kappa shape index (κ1) is 15.3. The second-order valence-electron chi connectivity index (χ2n) is 5.04. The summed E-state index contributed by atoms with van der Waals surface area (Å²) in [5.41, 5.74) is 0. The quantitative estimate of drug-likeness (QED) is 0.605. The standard InChI is InChI=1S/C15H19NO5/c1-2-20-12-3-5-13(6-4-12)21-15(19)10-16-8-11(9-16)7-14(17)18/h3-6,11H,2,7-10H2,1H3,(H,17,18). The van der Waals surface area contributed by atoms with E-state index in [1.807, 2.05) is 11.8 Å². The van der Waals surface area contributed by atoms with Gasteiger partial charge in [0.25, 0.3) is 0 Å². The molecule has 21 heavy (non-hydrogen) atoms. The summed E-state index contributed by atoms with van der Waals surface area (Å²) in [4.78, 5) is 24.1. The lowest BCUT2D eigenvalue weighted by Gasteiger charge is -2.37. The van der Waals surface area contributed by atoms with Crippen molar-refractivity contribution in [2.75, 3.05) is 26.2 Å². The van der Waals surface area contributed by atoms with Crippen LogP contribution in [-0.2, 0) is 9.59 Å². The normalized spacial score (nSPS) is 15.3. The molecule has 0 aromatic heterocycles. The average Bonchev–Trinajstić information content (AvgIpc) is 2.38. The molecule has 1 N–H and O–H groups in total. The van der Waals surface area contributed by atoms with Gasteiger partial charge in [-0.2, -0.15) is 0 Å². The molecule has 2 rings (SSSR count). The maximum absolute atomic E-state index is 11.7. The molecule has 0 unspecified atom stereocenters. The average molecular weight is 293 g/mol. The van der Waals surface area contributed by atoms with Crippen LogP contribution in [0.3, 0.4) is 0 Å². The Labute approximate surface area is 123 Å². The Bertz CT molecular complexity index is 493. The number of rotatable bonds is 7. The van der Waals surface area contributed by atoms with Gasteiger partial charge in [0.1, 0.15) is 11.5 Å². The first-order chi connectivity index (χ1) is 10.1. The zero-order chi connectivity index (χ0) is 15.2. The monoisotopic (exact) mass is 293 g/mol. The van der Waals surface area contributed by atoms with Crippen LogP contribution in [0.4, 0.5) is 0 Å². The number of hydrogen-bond donors (Lipinski definition) is 1. The molecular weight excluding hydrogens is 274 g/mol. The maximum atomic E-state index is 11.7. The second-order valence-corrected chi connectivity index (χ2v) is 5.04.